The van der Waals surface area contributed by atoms with Gasteiger partial charge in [0.1, 0.15) is 4.70 Å². The molecule has 0 fully saturated rings. The number of aromatic nitrogens is 3. The summed E-state index contributed by atoms with van der Waals surface area (Å²) in [5.41, 5.74) is 2.52. The molecule has 7 heteroatoms. The Kier molecular flexibility index (Phi) is 2.65. The Balaban J connectivity index is 2.22. The van der Waals surface area contributed by atoms with Crippen molar-refractivity contribution in [2.45, 2.75) is 6.54 Å². The molecule has 0 saturated carbocycles. The van der Waals surface area contributed by atoms with E-state index in [2.05, 4.69) is 9.97 Å². The van der Waals surface area contributed by atoms with Gasteiger partial charge in [-0.15, -0.1) is 22.7 Å². The van der Waals surface area contributed by atoms with Crippen molar-refractivity contribution in [1.29, 1.82) is 0 Å². The van der Waals surface area contributed by atoms with Crippen molar-refractivity contribution >= 4 is 45.1 Å². The molecule has 0 bridgehead atoms. The van der Waals surface area contributed by atoms with Crippen LogP contribution in [0.1, 0.15) is 4.88 Å². The lowest BCUT2D eigenvalue weighted by atomic mass is 10.4. The minimum absolute atomic E-state index is 0.0350. The molecule has 4 nitrogen and oxygen atoms in total. The molecule has 0 saturated heterocycles. The first-order valence-electron chi connectivity index (χ1n) is 4.83. The number of hydrogen-bond acceptors (Lipinski definition) is 5. The first-order valence-corrected chi connectivity index (χ1v) is 7.00. The van der Waals surface area contributed by atoms with Crippen LogP contribution in [-0.2, 0) is 6.54 Å². The third kappa shape index (κ3) is 1.86. The smallest absolute Gasteiger partial charge is 0.272 e. The number of H-pyrrole nitrogens is 1. The van der Waals surface area contributed by atoms with Crippen molar-refractivity contribution in [2.75, 3.05) is 0 Å². The predicted molar refractivity (Wildman–Crippen MR) is 72.5 cm³/mol. The first kappa shape index (κ1) is 10.8. The van der Waals surface area contributed by atoms with Crippen molar-refractivity contribution in [1.82, 2.24) is 14.5 Å². The van der Waals surface area contributed by atoms with Crippen molar-refractivity contribution in [2.24, 2.45) is 0 Å². The fourth-order valence-corrected chi connectivity index (χ4v) is 3.23. The summed E-state index contributed by atoms with van der Waals surface area (Å²) in [6, 6.07) is 1.87. The van der Waals surface area contributed by atoms with Crippen LogP contribution in [0.25, 0.3) is 10.2 Å². The third-order valence-corrected chi connectivity index (χ3v) is 4.38. The van der Waals surface area contributed by atoms with Crippen molar-refractivity contribution in [3.8, 4) is 0 Å². The van der Waals surface area contributed by atoms with Gasteiger partial charge in [-0.3, -0.25) is 14.3 Å². The summed E-state index contributed by atoms with van der Waals surface area (Å²) in [6.07, 6.45) is 1.75. The zero-order valence-electron chi connectivity index (χ0n) is 8.54. The maximum absolute atomic E-state index is 12.2. The van der Waals surface area contributed by atoms with Crippen LogP contribution in [-0.4, -0.2) is 14.5 Å². The Morgan fingerprint density at radius 2 is 2.35 bits per heavy atom. The molecule has 0 aromatic carbocycles. The highest BCUT2D eigenvalue weighted by Crippen LogP contribution is 2.15. The normalized spacial score (nSPS) is 11.1. The second-order valence-corrected chi connectivity index (χ2v) is 5.73. The van der Waals surface area contributed by atoms with Gasteiger partial charge in [-0.2, -0.15) is 0 Å². The number of fused-ring (bicyclic) bond motifs is 1. The van der Waals surface area contributed by atoms with Gasteiger partial charge in [0.25, 0.3) is 5.56 Å². The predicted octanol–water partition coefficient (Wildman–Crippen LogP) is 2.63. The number of nitrogens with zero attached hydrogens (tertiary/aromatic N) is 2. The Morgan fingerprint density at radius 1 is 1.47 bits per heavy atom. The number of rotatable bonds is 2. The van der Waals surface area contributed by atoms with Crippen LogP contribution < -0.4 is 5.56 Å². The molecule has 0 atom stereocenters. The van der Waals surface area contributed by atoms with Crippen LogP contribution in [0.15, 0.2) is 27.9 Å². The fraction of sp³-hybridized carbons (Fsp3) is 0.100. The van der Waals surface area contributed by atoms with Gasteiger partial charge < -0.3 is 4.98 Å². The molecular formula is C10H7N3OS3. The molecule has 0 aliphatic heterocycles. The molecule has 0 amide bonds. The van der Waals surface area contributed by atoms with Gasteiger partial charge in [0.05, 0.1) is 17.6 Å². The van der Waals surface area contributed by atoms with E-state index in [9.17, 15) is 4.79 Å². The van der Waals surface area contributed by atoms with Gasteiger partial charge in [-0.05, 0) is 23.7 Å². The molecule has 1 N–H and O–H groups in total. The molecule has 3 rings (SSSR count). The SMILES string of the molecule is O=c1c2sccc2[nH]c(=S)n1Cc1cncs1. The van der Waals surface area contributed by atoms with Gasteiger partial charge in [-0.25, -0.2) is 0 Å². The van der Waals surface area contributed by atoms with Crippen LogP contribution in [0.3, 0.4) is 0 Å². The Hall–Kier alpha value is -1.31. The van der Waals surface area contributed by atoms with Crippen LogP contribution in [0, 0.1) is 4.77 Å². The molecule has 0 spiro atoms. The lowest BCUT2D eigenvalue weighted by Crippen LogP contribution is -2.21. The van der Waals surface area contributed by atoms with E-state index >= 15 is 0 Å². The van der Waals surface area contributed by atoms with Crippen LogP contribution in [0.4, 0.5) is 0 Å². The number of thiazole rings is 1. The Labute approximate surface area is 109 Å². The standard InChI is InChI=1S/C10H7N3OS3/c14-9-8-7(1-2-16-8)12-10(15)13(9)4-6-3-11-5-17-6/h1-3,5H,4H2,(H,12,15). The van der Waals surface area contributed by atoms with Gasteiger partial charge in [0.15, 0.2) is 4.77 Å². The molecule has 3 aromatic rings. The minimum Gasteiger partial charge on any atom is -0.331 e. The summed E-state index contributed by atoms with van der Waals surface area (Å²) in [5.74, 6) is 0. The van der Waals surface area contributed by atoms with E-state index in [-0.39, 0.29) is 5.56 Å². The zero-order valence-corrected chi connectivity index (χ0v) is 11.0. The molecular weight excluding hydrogens is 274 g/mol. The monoisotopic (exact) mass is 281 g/mol. The summed E-state index contributed by atoms with van der Waals surface area (Å²) < 4.78 is 2.74. The molecule has 0 unspecified atom stereocenters. The third-order valence-electron chi connectivity index (χ3n) is 2.39. The lowest BCUT2D eigenvalue weighted by molar-refractivity contribution is 0.744. The molecule has 17 heavy (non-hydrogen) atoms. The van der Waals surface area contributed by atoms with E-state index in [0.29, 0.717) is 16.0 Å². The van der Waals surface area contributed by atoms with Gasteiger partial charge in [0, 0.05) is 11.1 Å². The fourth-order valence-electron chi connectivity index (χ4n) is 1.59. The van der Waals surface area contributed by atoms with Crippen LogP contribution in [0.2, 0.25) is 0 Å². The Morgan fingerprint density at radius 3 is 3.12 bits per heavy atom. The molecule has 86 valence electrons. The highest BCUT2D eigenvalue weighted by Gasteiger charge is 2.07. The first-order chi connectivity index (χ1) is 8.25. The molecule has 0 aliphatic rings. The van der Waals surface area contributed by atoms with Gasteiger partial charge in [-0.1, -0.05) is 0 Å². The number of hydrogen-bond donors (Lipinski definition) is 1. The molecule has 0 radical (unpaired) electrons. The van der Waals surface area contributed by atoms with E-state index in [0.717, 1.165) is 10.4 Å². The van der Waals surface area contributed by atoms with Crippen LogP contribution >= 0.6 is 34.9 Å². The van der Waals surface area contributed by atoms with Gasteiger partial charge in [0.2, 0.25) is 0 Å². The van der Waals surface area contributed by atoms with Crippen LogP contribution in [0.5, 0.6) is 0 Å². The van der Waals surface area contributed by atoms with E-state index in [1.807, 2.05) is 11.4 Å². The number of thiophene rings is 1. The summed E-state index contributed by atoms with van der Waals surface area (Å²) in [4.78, 5) is 20.3. The maximum atomic E-state index is 12.2. The summed E-state index contributed by atoms with van der Waals surface area (Å²) in [5, 5.41) is 1.88. The average Bonchev–Trinajstić information content (AvgIpc) is 2.94. The minimum atomic E-state index is -0.0350. The largest absolute Gasteiger partial charge is 0.331 e. The topological polar surface area (TPSA) is 50.7 Å². The van der Waals surface area contributed by atoms with E-state index < -0.39 is 0 Å². The molecule has 0 aliphatic carbocycles. The van der Waals surface area contributed by atoms with E-state index in [4.69, 9.17) is 12.2 Å². The summed E-state index contributed by atoms with van der Waals surface area (Å²) in [7, 11) is 0. The van der Waals surface area contributed by atoms with Crippen molar-refractivity contribution in [3.63, 3.8) is 0 Å². The molecule has 3 aromatic heterocycles. The van der Waals surface area contributed by atoms with E-state index in [1.54, 1.807) is 16.3 Å². The zero-order chi connectivity index (χ0) is 11.8. The highest BCUT2D eigenvalue weighted by molar-refractivity contribution is 7.71. The quantitative estimate of drug-likeness (QED) is 0.735. The second kappa shape index (κ2) is 4.17. The van der Waals surface area contributed by atoms with Crippen molar-refractivity contribution in [3.05, 3.63) is 43.2 Å². The Bertz CT molecular complexity index is 766. The number of nitrogens with one attached hydrogen (secondary N) is 1. The highest BCUT2D eigenvalue weighted by atomic mass is 32.1. The molecule has 3 heterocycles. The lowest BCUT2D eigenvalue weighted by Gasteiger charge is -2.03. The number of aromatic amines is 1. The van der Waals surface area contributed by atoms with Crippen molar-refractivity contribution < 1.29 is 0 Å². The summed E-state index contributed by atoms with van der Waals surface area (Å²) >= 11 is 8.14. The average molecular weight is 281 g/mol. The van der Waals surface area contributed by atoms with Gasteiger partial charge >= 0.3 is 0 Å². The summed E-state index contributed by atoms with van der Waals surface area (Å²) in [6.45, 7) is 0.479. The van der Waals surface area contributed by atoms with E-state index in [1.165, 1.54) is 22.7 Å². The maximum Gasteiger partial charge on any atom is 0.272 e. The second-order valence-electron chi connectivity index (χ2n) is 3.45.